The van der Waals surface area contributed by atoms with E-state index in [9.17, 15) is 9.18 Å². The molecule has 1 amide bonds. The quantitative estimate of drug-likeness (QED) is 0.236. The summed E-state index contributed by atoms with van der Waals surface area (Å²) in [4.78, 5) is 22.7. The molecule has 9 heteroatoms. The lowest BCUT2D eigenvalue weighted by Crippen LogP contribution is -2.14. The molecular formula is C27H23FN4O2S2. The van der Waals surface area contributed by atoms with Crippen LogP contribution in [0.2, 0.25) is 0 Å². The van der Waals surface area contributed by atoms with Crippen molar-refractivity contribution in [2.24, 2.45) is 0 Å². The summed E-state index contributed by atoms with van der Waals surface area (Å²) in [6.07, 6.45) is 1.12. The average molecular weight is 519 g/mol. The van der Waals surface area contributed by atoms with Crippen molar-refractivity contribution in [3.63, 3.8) is 0 Å². The Morgan fingerprint density at radius 3 is 2.50 bits per heavy atom. The van der Waals surface area contributed by atoms with Gasteiger partial charge in [-0.05, 0) is 66.1 Å². The Hall–Kier alpha value is -3.82. The first-order chi connectivity index (χ1) is 17.5. The van der Waals surface area contributed by atoms with Crippen molar-refractivity contribution in [2.75, 3.05) is 17.7 Å². The first kappa shape index (κ1) is 23.9. The van der Waals surface area contributed by atoms with Crippen LogP contribution in [0.5, 0.6) is 5.75 Å². The summed E-state index contributed by atoms with van der Waals surface area (Å²) >= 11 is 2.75. The van der Waals surface area contributed by atoms with Gasteiger partial charge >= 0.3 is 0 Å². The molecule has 0 bridgehead atoms. The monoisotopic (exact) mass is 518 g/mol. The Morgan fingerprint density at radius 1 is 1.00 bits per heavy atom. The lowest BCUT2D eigenvalue weighted by molar-refractivity contribution is -0.115. The molecule has 5 rings (SSSR count). The van der Waals surface area contributed by atoms with E-state index in [1.54, 1.807) is 12.1 Å². The summed E-state index contributed by atoms with van der Waals surface area (Å²) in [7, 11) is 0. The van der Waals surface area contributed by atoms with Crippen LogP contribution >= 0.6 is 22.7 Å². The Morgan fingerprint density at radius 2 is 1.75 bits per heavy atom. The highest BCUT2D eigenvalue weighted by molar-refractivity contribution is 7.22. The Balaban J connectivity index is 1.41. The molecule has 0 saturated heterocycles. The fourth-order valence-corrected chi connectivity index (χ4v) is 5.55. The number of nitrogens with one attached hydrogen (secondary N) is 1. The Bertz CT molecular complexity index is 1510. The summed E-state index contributed by atoms with van der Waals surface area (Å²) in [6.45, 7) is 2.71. The first-order valence-corrected chi connectivity index (χ1v) is 13.1. The number of carbonyl (C=O) groups excluding carboxylic acids is 1. The fraction of sp³-hybridized carbons (Fsp3) is 0.148. The second kappa shape index (κ2) is 10.4. The molecule has 6 nitrogen and oxygen atoms in total. The number of anilines is 2. The van der Waals surface area contributed by atoms with Gasteiger partial charge in [-0.25, -0.2) is 14.4 Å². The van der Waals surface area contributed by atoms with Gasteiger partial charge in [0.05, 0.1) is 33.8 Å². The highest BCUT2D eigenvalue weighted by atomic mass is 32.1. The molecule has 0 atom stereocenters. The molecule has 5 aromatic rings. The van der Waals surface area contributed by atoms with Crippen LogP contribution in [0, 0.1) is 5.82 Å². The maximum absolute atomic E-state index is 13.6. The van der Waals surface area contributed by atoms with Gasteiger partial charge in [0.2, 0.25) is 5.91 Å². The summed E-state index contributed by atoms with van der Waals surface area (Å²) < 4.78 is 20.2. The van der Waals surface area contributed by atoms with Gasteiger partial charge in [0.1, 0.15) is 11.6 Å². The van der Waals surface area contributed by atoms with Gasteiger partial charge in [0, 0.05) is 5.56 Å². The molecule has 0 aliphatic rings. The van der Waals surface area contributed by atoms with Crippen LogP contribution in [0.15, 0.2) is 66.7 Å². The number of carbonyl (C=O) groups is 1. The zero-order chi connectivity index (χ0) is 25.1. The van der Waals surface area contributed by atoms with Crippen molar-refractivity contribution in [2.45, 2.75) is 19.8 Å². The van der Waals surface area contributed by atoms with E-state index in [0.717, 1.165) is 44.0 Å². The van der Waals surface area contributed by atoms with E-state index in [1.165, 1.54) is 34.8 Å². The van der Waals surface area contributed by atoms with E-state index in [0.29, 0.717) is 22.6 Å². The van der Waals surface area contributed by atoms with Crippen LogP contribution in [0.3, 0.4) is 0 Å². The first-order valence-electron chi connectivity index (χ1n) is 11.4. The predicted octanol–water partition coefficient (Wildman–Crippen LogP) is 6.78. The van der Waals surface area contributed by atoms with E-state index < -0.39 is 0 Å². The van der Waals surface area contributed by atoms with E-state index in [2.05, 4.69) is 17.2 Å². The largest absolute Gasteiger partial charge is 0.494 e. The molecule has 182 valence electrons. The molecule has 0 spiro atoms. The third kappa shape index (κ3) is 5.37. The molecule has 0 radical (unpaired) electrons. The molecule has 0 unspecified atom stereocenters. The summed E-state index contributed by atoms with van der Waals surface area (Å²) in [5.41, 5.74) is 9.89. The lowest BCUT2D eigenvalue weighted by Gasteiger charge is -2.06. The molecule has 3 aromatic carbocycles. The highest BCUT2D eigenvalue weighted by Crippen LogP contribution is 2.39. The SMILES string of the molecule is CCCOc1ccc(-c2nc(NC(=O)Cc3ccc4nc(N)sc4c3)sc2-c2ccc(F)cc2)cc1. The smallest absolute Gasteiger partial charge is 0.230 e. The van der Waals surface area contributed by atoms with Gasteiger partial charge in [-0.15, -0.1) is 0 Å². The normalized spacial score (nSPS) is 11.1. The number of halogens is 1. The Kier molecular flexibility index (Phi) is 6.92. The summed E-state index contributed by atoms with van der Waals surface area (Å²) in [6, 6.07) is 19.6. The third-order valence-corrected chi connectivity index (χ3v) is 7.28. The molecule has 0 saturated carbocycles. The number of aromatic nitrogens is 2. The number of nitrogens with two attached hydrogens (primary N) is 1. The third-order valence-electron chi connectivity index (χ3n) is 5.41. The van der Waals surface area contributed by atoms with Crippen LogP contribution in [0.1, 0.15) is 18.9 Å². The Labute approximate surface area is 215 Å². The minimum atomic E-state index is -0.310. The molecule has 0 aliphatic carbocycles. The van der Waals surface area contributed by atoms with Gasteiger partial charge in [-0.2, -0.15) is 0 Å². The molecule has 2 aromatic heterocycles. The molecule has 0 aliphatic heterocycles. The number of nitrogen functional groups attached to an aromatic ring is 1. The zero-order valence-corrected chi connectivity index (χ0v) is 21.1. The molecule has 2 heterocycles. The van der Waals surface area contributed by atoms with Crippen molar-refractivity contribution in [1.29, 1.82) is 0 Å². The van der Waals surface area contributed by atoms with Gasteiger partial charge in [-0.1, -0.05) is 47.8 Å². The maximum atomic E-state index is 13.6. The van der Waals surface area contributed by atoms with Crippen LogP contribution in [0.4, 0.5) is 14.7 Å². The molecular weight excluding hydrogens is 495 g/mol. The molecule has 3 N–H and O–H groups in total. The zero-order valence-electron chi connectivity index (χ0n) is 19.5. The van der Waals surface area contributed by atoms with E-state index >= 15 is 0 Å². The molecule has 0 fully saturated rings. The van der Waals surface area contributed by atoms with Crippen molar-refractivity contribution in [1.82, 2.24) is 9.97 Å². The summed E-state index contributed by atoms with van der Waals surface area (Å²) in [5.74, 6) is 0.295. The van der Waals surface area contributed by atoms with E-state index in [4.69, 9.17) is 15.5 Å². The van der Waals surface area contributed by atoms with Crippen molar-refractivity contribution in [3.05, 3.63) is 78.1 Å². The minimum Gasteiger partial charge on any atom is -0.494 e. The van der Waals surface area contributed by atoms with Gasteiger partial charge in [0.25, 0.3) is 0 Å². The number of hydrogen-bond donors (Lipinski definition) is 2. The lowest BCUT2D eigenvalue weighted by atomic mass is 10.1. The van der Waals surface area contributed by atoms with E-state index in [-0.39, 0.29) is 18.1 Å². The number of nitrogens with zero attached hydrogens (tertiary/aromatic N) is 2. The molecule has 36 heavy (non-hydrogen) atoms. The number of benzene rings is 3. The number of fused-ring (bicyclic) bond motifs is 1. The van der Waals surface area contributed by atoms with Crippen molar-refractivity contribution in [3.8, 4) is 27.4 Å². The highest BCUT2D eigenvalue weighted by Gasteiger charge is 2.17. The van der Waals surface area contributed by atoms with Crippen LogP contribution in [-0.4, -0.2) is 22.5 Å². The van der Waals surface area contributed by atoms with Gasteiger partial charge in [0.15, 0.2) is 10.3 Å². The number of rotatable bonds is 8. The number of amides is 1. The fourth-order valence-electron chi connectivity index (χ4n) is 3.74. The van der Waals surface area contributed by atoms with Gasteiger partial charge in [-0.3, -0.25) is 4.79 Å². The summed E-state index contributed by atoms with van der Waals surface area (Å²) in [5, 5.41) is 3.90. The topological polar surface area (TPSA) is 90.1 Å². The van der Waals surface area contributed by atoms with Crippen LogP contribution < -0.4 is 15.8 Å². The standard InChI is InChI=1S/C27H23FN4O2S2/c1-2-13-34-20-10-6-17(7-11-20)24-25(18-4-8-19(28)9-5-18)36-27(32-24)31-23(33)15-16-3-12-21-22(14-16)35-26(29)30-21/h3-12,14H,2,13,15H2,1H3,(H2,29,30)(H,31,32,33). The minimum absolute atomic E-state index is 0.180. The predicted molar refractivity (Wildman–Crippen MR) is 145 cm³/mol. The van der Waals surface area contributed by atoms with Crippen molar-refractivity contribution < 1.29 is 13.9 Å². The van der Waals surface area contributed by atoms with Crippen LogP contribution in [0.25, 0.3) is 31.9 Å². The van der Waals surface area contributed by atoms with E-state index in [1.807, 2.05) is 42.5 Å². The maximum Gasteiger partial charge on any atom is 0.230 e. The van der Waals surface area contributed by atoms with Crippen molar-refractivity contribution >= 4 is 49.1 Å². The second-order valence-electron chi connectivity index (χ2n) is 8.16. The van der Waals surface area contributed by atoms with Gasteiger partial charge < -0.3 is 15.8 Å². The second-order valence-corrected chi connectivity index (χ2v) is 10.2. The number of ether oxygens (including phenoxy) is 1. The number of thiazole rings is 2. The van der Waals surface area contributed by atoms with Crippen LogP contribution in [-0.2, 0) is 11.2 Å². The number of hydrogen-bond acceptors (Lipinski definition) is 7. The average Bonchev–Trinajstić information content (AvgIpc) is 3.45.